The predicted molar refractivity (Wildman–Crippen MR) is 94.0 cm³/mol. The van der Waals surface area contributed by atoms with Gasteiger partial charge in [0, 0.05) is 21.9 Å². The maximum absolute atomic E-state index is 12.7. The number of carboxylic acid groups (broad SMARTS) is 1. The lowest BCUT2D eigenvalue weighted by molar-refractivity contribution is -0.255. The number of benzene rings is 2. The zero-order valence-electron chi connectivity index (χ0n) is 12.6. The highest BCUT2D eigenvalue weighted by Gasteiger charge is 2.41. The molecule has 2 aromatic carbocycles. The van der Waals surface area contributed by atoms with Gasteiger partial charge >= 0.3 is 0 Å². The summed E-state index contributed by atoms with van der Waals surface area (Å²) in [4.78, 5) is 37.6. The molecule has 2 amide bonds. The van der Waals surface area contributed by atoms with Gasteiger partial charge in [0.25, 0.3) is 0 Å². The van der Waals surface area contributed by atoms with E-state index in [2.05, 4.69) is 0 Å². The van der Waals surface area contributed by atoms with E-state index in [1.807, 2.05) is 0 Å². The molecule has 25 heavy (non-hydrogen) atoms. The van der Waals surface area contributed by atoms with Gasteiger partial charge in [0.2, 0.25) is 11.8 Å². The van der Waals surface area contributed by atoms with Crippen LogP contribution in [-0.4, -0.2) is 23.0 Å². The fourth-order valence-electron chi connectivity index (χ4n) is 2.50. The van der Waals surface area contributed by atoms with Crippen LogP contribution in [0.15, 0.2) is 47.4 Å². The van der Waals surface area contributed by atoms with Crippen molar-refractivity contribution < 1.29 is 19.5 Å². The van der Waals surface area contributed by atoms with Crippen molar-refractivity contribution in [1.82, 2.24) is 0 Å². The minimum absolute atomic E-state index is 0.0213. The average Bonchev–Trinajstić information content (AvgIpc) is 2.84. The van der Waals surface area contributed by atoms with Crippen LogP contribution in [0.4, 0.5) is 5.69 Å². The molecule has 1 fully saturated rings. The molecule has 0 bridgehead atoms. The van der Waals surface area contributed by atoms with E-state index in [1.54, 1.807) is 24.3 Å². The van der Waals surface area contributed by atoms with Crippen molar-refractivity contribution in [2.75, 3.05) is 4.90 Å². The van der Waals surface area contributed by atoms with Crippen LogP contribution in [0.25, 0.3) is 0 Å². The summed E-state index contributed by atoms with van der Waals surface area (Å²) < 4.78 is 0. The van der Waals surface area contributed by atoms with Crippen molar-refractivity contribution in [2.45, 2.75) is 16.6 Å². The van der Waals surface area contributed by atoms with Gasteiger partial charge in [-0.1, -0.05) is 41.4 Å². The van der Waals surface area contributed by atoms with E-state index in [4.69, 9.17) is 23.2 Å². The van der Waals surface area contributed by atoms with Gasteiger partial charge in [-0.05, 0) is 24.3 Å². The Morgan fingerprint density at radius 1 is 1.16 bits per heavy atom. The van der Waals surface area contributed by atoms with E-state index in [1.165, 1.54) is 18.2 Å². The molecule has 128 valence electrons. The highest BCUT2D eigenvalue weighted by molar-refractivity contribution is 8.00. The second-order valence-corrected chi connectivity index (χ2v) is 7.35. The number of hydrogen-bond acceptors (Lipinski definition) is 5. The number of amides is 2. The minimum atomic E-state index is -1.34. The second-order valence-electron chi connectivity index (χ2n) is 5.26. The lowest BCUT2D eigenvalue weighted by atomic mass is 10.2. The molecule has 5 nitrogen and oxygen atoms in total. The third-order valence-corrected chi connectivity index (χ3v) is 5.45. The normalized spacial score (nSPS) is 17.2. The van der Waals surface area contributed by atoms with Crippen molar-refractivity contribution in [2.24, 2.45) is 0 Å². The summed E-state index contributed by atoms with van der Waals surface area (Å²) in [6.45, 7) is 0. The van der Waals surface area contributed by atoms with Gasteiger partial charge in [-0.25, -0.2) is 4.90 Å². The Morgan fingerprint density at radius 2 is 1.88 bits per heavy atom. The zero-order valence-corrected chi connectivity index (χ0v) is 14.9. The average molecular weight is 395 g/mol. The highest BCUT2D eigenvalue weighted by atomic mass is 35.5. The van der Waals surface area contributed by atoms with Crippen LogP contribution < -0.4 is 10.0 Å². The molecule has 2 aromatic rings. The Bertz CT molecular complexity index is 887. The number of carbonyl (C=O) groups is 3. The smallest absolute Gasteiger partial charge is 0.247 e. The Balaban J connectivity index is 1.90. The fraction of sp³-hybridized carbons (Fsp3) is 0.118. The lowest BCUT2D eigenvalue weighted by Crippen LogP contribution is -2.31. The van der Waals surface area contributed by atoms with Gasteiger partial charge in [-0.3, -0.25) is 9.59 Å². The van der Waals surface area contributed by atoms with E-state index < -0.39 is 23.0 Å². The number of imide groups is 1. The molecule has 3 rings (SSSR count). The van der Waals surface area contributed by atoms with E-state index in [0.717, 1.165) is 16.7 Å². The molecular weight excluding hydrogens is 385 g/mol. The number of thioether (sulfide) groups is 1. The molecule has 0 radical (unpaired) electrons. The third kappa shape index (κ3) is 3.51. The summed E-state index contributed by atoms with van der Waals surface area (Å²) in [5.41, 5.74) is 0.201. The van der Waals surface area contributed by atoms with Crippen molar-refractivity contribution in [3.05, 3.63) is 58.1 Å². The molecule has 0 saturated carbocycles. The minimum Gasteiger partial charge on any atom is -0.545 e. The molecule has 1 saturated heterocycles. The van der Waals surface area contributed by atoms with Crippen LogP contribution in [0, 0.1) is 0 Å². The van der Waals surface area contributed by atoms with E-state index in [9.17, 15) is 19.5 Å². The molecule has 0 aliphatic carbocycles. The van der Waals surface area contributed by atoms with Gasteiger partial charge in [-0.2, -0.15) is 0 Å². The van der Waals surface area contributed by atoms with Crippen molar-refractivity contribution in [1.29, 1.82) is 0 Å². The monoisotopic (exact) mass is 394 g/mol. The first kappa shape index (κ1) is 17.8. The predicted octanol–water partition coefficient (Wildman–Crippen LogP) is 2.78. The summed E-state index contributed by atoms with van der Waals surface area (Å²) in [5, 5.41) is 11.0. The first-order valence-corrected chi connectivity index (χ1v) is 8.81. The summed E-state index contributed by atoms with van der Waals surface area (Å²) in [6.07, 6.45) is -0.0618. The number of hydrogen-bond donors (Lipinski definition) is 0. The van der Waals surface area contributed by atoms with Crippen LogP contribution in [0.2, 0.25) is 10.0 Å². The molecule has 1 aliphatic rings. The standard InChI is InChI=1S/C17H11Cl2NO4S/c18-9-5-6-11(19)12(7-9)20-15(21)8-14(16(20)22)25-13-4-2-1-3-10(13)17(23)24/h1-7,14H,8H2,(H,23,24)/p-1. The van der Waals surface area contributed by atoms with Crippen LogP contribution >= 0.6 is 35.0 Å². The zero-order chi connectivity index (χ0) is 18.1. The van der Waals surface area contributed by atoms with E-state index >= 15 is 0 Å². The molecule has 1 atom stereocenters. The lowest BCUT2D eigenvalue weighted by Gasteiger charge is -2.17. The third-order valence-electron chi connectivity index (χ3n) is 3.63. The Kier molecular flexibility index (Phi) is 5.03. The maximum Gasteiger partial charge on any atom is 0.247 e. The summed E-state index contributed by atoms with van der Waals surface area (Å²) in [5.74, 6) is -2.22. The largest absolute Gasteiger partial charge is 0.545 e. The van der Waals surface area contributed by atoms with Gasteiger partial charge in [0.15, 0.2) is 0 Å². The molecule has 8 heteroatoms. The Hall–Kier alpha value is -2.02. The number of nitrogens with zero attached hydrogens (tertiary/aromatic N) is 1. The summed E-state index contributed by atoms with van der Waals surface area (Å²) in [7, 11) is 0. The molecule has 0 spiro atoms. The SMILES string of the molecule is O=C([O-])c1ccccc1SC1CC(=O)N(c2cc(Cl)ccc2Cl)C1=O. The number of carboxylic acids is 1. The molecule has 1 unspecified atom stereocenters. The van der Waals surface area contributed by atoms with Gasteiger partial charge in [0.1, 0.15) is 0 Å². The number of aromatic carboxylic acids is 1. The molecule has 1 aliphatic heterocycles. The van der Waals surface area contributed by atoms with Crippen LogP contribution in [-0.2, 0) is 9.59 Å². The summed E-state index contributed by atoms with van der Waals surface area (Å²) >= 11 is 13.0. The molecule has 0 N–H and O–H groups in total. The quantitative estimate of drug-likeness (QED) is 0.744. The van der Waals surface area contributed by atoms with Gasteiger partial charge in [0.05, 0.1) is 21.9 Å². The van der Waals surface area contributed by atoms with Crippen molar-refractivity contribution in [3.8, 4) is 0 Å². The van der Waals surface area contributed by atoms with Crippen LogP contribution in [0.5, 0.6) is 0 Å². The number of anilines is 1. The molecule has 0 aromatic heterocycles. The fourth-order valence-corrected chi connectivity index (χ4v) is 4.04. The second kappa shape index (κ2) is 7.07. The molecule has 1 heterocycles. The molecular formula is C17H10Cl2NO4S-. The maximum atomic E-state index is 12.7. The Labute approximate surface area is 157 Å². The first-order chi connectivity index (χ1) is 11.9. The number of carbonyl (C=O) groups excluding carboxylic acids is 3. The van der Waals surface area contributed by atoms with E-state index in [0.29, 0.717) is 9.92 Å². The number of rotatable bonds is 4. The first-order valence-electron chi connectivity index (χ1n) is 7.17. The highest BCUT2D eigenvalue weighted by Crippen LogP contribution is 2.38. The van der Waals surface area contributed by atoms with Crippen molar-refractivity contribution in [3.63, 3.8) is 0 Å². The van der Waals surface area contributed by atoms with Gasteiger partial charge < -0.3 is 9.90 Å². The van der Waals surface area contributed by atoms with Crippen molar-refractivity contribution >= 4 is 58.4 Å². The van der Waals surface area contributed by atoms with Gasteiger partial charge in [-0.15, -0.1) is 11.8 Å². The summed E-state index contributed by atoms with van der Waals surface area (Å²) in [6, 6.07) is 10.7. The van der Waals surface area contributed by atoms with Crippen LogP contribution in [0.3, 0.4) is 0 Å². The van der Waals surface area contributed by atoms with E-state index in [-0.39, 0.29) is 22.7 Å². The number of halogens is 2. The Morgan fingerprint density at radius 3 is 2.60 bits per heavy atom. The van der Waals surface area contributed by atoms with Crippen LogP contribution in [0.1, 0.15) is 16.8 Å². The topological polar surface area (TPSA) is 77.5 Å².